The zero-order valence-corrected chi connectivity index (χ0v) is 10.0. The lowest BCUT2D eigenvalue weighted by Crippen LogP contribution is -2.36. The van der Waals surface area contributed by atoms with Crippen molar-refractivity contribution < 1.29 is 18.0 Å². The van der Waals surface area contributed by atoms with Crippen molar-refractivity contribution >= 4 is 27.6 Å². The van der Waals surface area contributed by atoms with Gasteiger partial charge in [-0.25, -0.2) is 8.42 Å². The SMILES string of the molecule is CC(C)(CN=C1NC(=O)C(=O)N1)S(C)(=O)=O. The van der Waals surface area contributed by atoms with E-state index in [4.69, 9.17) is 0 Å². The van der Waals surface area contributed by atoms with Crippen LogP contribution in [0.1, 0.15) is 13.8 Å². The molecule has 1 aliphatic heterocycles. The molecule has 1 saturated heterocycles. The third-order valence-electron chi connectivity index (χ3n) is 2.29. The molecule has 1 aliphatic rings. The maximum atomic E-state index is 11.3. The second kappa shape index (κ2) is 3.85. The van der Waals surface area contributed by atoms with Gasteiger partial charge < -0.3 is 0 Å². The Balaban J connectivity index is 2.76. The number of nitrogens with zero attached hydrogens (tertiary/aromatic N) is 1. The number of carbonyl (C=O) groups is 2. The van der Waals surface area contributed by atoms with Gasteiger partial charge in [0.2, 0.25) is 5.96 Å². The highest BCUT2D eigenvalue weighted by Gasteiger charge is 2.31. The summed E-state index contributed by atoms with van der Waals surface area (Å²) >= 11 is 0. The Labute approximate surface area is 93.2 Å². The van der Waals surface area contributed by atoms with Crippen molar-refractivity contribution in [3.8, 4) is 0 Å². The van der Waals surface area contributed by atoms with E-state index in [1.165, 1.54) is 13.8 Å². The smallest absolute Gasteiger partial charge is 0.288 e. The summed E-state index contributed by atoms with van der Waals surface area (Å²) in [6.07, 6.45) is 1.11. The summed E-state index contributed by atoms with van der Waals surface area (Å²) in [6.45, 7) is 3.00. The molecule has 16 heavy (non-hydrogen) atoms. The summed E-state index contributed by atoms with van der Waals surface area (Å²) < 4.78 is 21.6. The molecule has 0 unspecified atom stereocenters. The monoisotopic (exact) mass is 247 g/mol. The molecule has 0 saturated carbocycles. The van der Waals surface area contributed by atoms with Crippen LogP contribution in [0.25, 0.3) is 0 Å². The van der Waals surface area contributed by atoms with Gasteiger partial charge in [-0.05, 0) is 13.8 Å². The van der Waals surface area contributed by atoms with Crippen molar-refractivity contribution in [2.45, 2.75) is 18.6 Å². The average Bonchev–Trinajstić information content (AvgIpc) is 2.41. The van der Waals surface area contributed by atoms with E-state index in [2.05, 4.69) is 15.6 Å². The van der Waals surface area contributed by atoms with Gasteiger partial charge in [0.05, 0.1) is 11.3 Å². The molecule has 0 aliphatic carbocycles. The molecule has 0 aromatic carbocycles. The minimum absolute atomic E-state index is 0.00766. The number of rotatable bonds is 3. The Morgan fingerprint density at radius 3 is 2.00 bits per heavy atom. The van der Waals surface area contributed by atoms with Crippen molar-refractivity contribution in [3.05, 3.63) is 0 Å². The zero-order valence-electron chi connectivity index (χ0n) is 9.20. The number of guanidine groups is 1. The van der Waals surface area contributed by atoms with Gasteiger partial charge in [-0.2, -0.15) is 0 Å². The molecule has 0 spiro atoms. The second-order valence-electron chi connectivity index (χ2n) is 4.10. The van der Waals surface area contributed by atoms with E-state index in [1.54, 1.807) is 0 Å². The first-order chi connectivity index (χ1) is 7.13. The van der Waals surface area contributed by atoms with Gasteiger partial charge in [0.1, 0.15) is 0 Å². The molecule has 1 fully saturated rings. The van der Waals surface area contributed by atoms with E-state index in [-0.39, 0.29) is 12.5 Å². The maximum Gasteiger partial charge on any atom is 0.316 e. The topological polar surface area (TPSA) is 105 Å². The van der Waals surface area contributed by atoms with Crippen LogP contribution in [-0.2, 0) is 19.4 Å². The summed E-state index contributed by atoms with van der Waals surface area (Å²) in [6, 6.07) is 0. The van der Waals surface area contributed by atoms with Gasteiger partial charge in [0, 0.05) is 6.26 Å². The van der Waals surface area contributed by atoms with Crippen LogP contribution in [0.5, 0.6) is 0 Å². The summed E-state index contributed by atoms with van der Waals surface area (Å²) in [5.74, 6) is -1.60. The van der Waals surface area contributed by atoms with Crippen molar-refractivity contribution in [1.29, 1.82) is 0 Å². The van der Waals surface area contributed by atoms with Gasteiger partial charge in [-0.1, -0.05) is 0 Å². The Morgan fingerprint density at radius 1 is 1.19 bits per heavy atom. The molecule has 90 valence electrons. The average molecular weight is 247 g/mol. The van der Waals surface area contributed by atoms with Gasteiger partial charge in [-0.3, -0.25) is 25.2 Å². The van der Waals surface area contributed by atoms with Crippen LogP contribution in [-0.4, -0.2) is 43.7 Å². The van der Waals surface area contributed by atoms with Gasteiger partial charge in [-0.15, -0.1) is 0 Å². The summed E-state index contributed by atoms with van der Waals surface area (Å²) in [4.78, 5) is 25.4. The molecule has 2 N–H and O–H groups in total. The van der Waals surface area contributed by atoms with Gasteiger partial charge >= 0.3 is 11.8 Å². The molecule has 0 radical (unpaired) electrons. The van der Waals surface area contributed by atoms with Crippen LogP contribution < -0.4 is 10.6 Å². The Bertz CT molecular complexity index is 446. The summed E-state index contributed by atoms with van der Waals surface area (Å²) in [5, 5.41) is 4.37. The molecule has 0 aromatic rings. The summed E-state index contributed by atoms with van der Waals surface area (Å²) in [5.41, 5.74) is 0. The van der Waals surface area contributed by atoms with Crippen molar-refractivity contribution in [1.82, 2.24) is 10.6 Å². The van der Waals surface area contributed by atoms with E-state index in [1.807, 2.05) is 0 Å². The molecule has 2 amide bonds. The molecular formula is C8H13N3O4S. The first-order valence-corrected chi connectivity index (χ1v) is 6.39. The van der Waals surface area contributed by atoms with E-state index < -0.39 is 26.4 Å². The maximum absolute atomic E-state index is 11.3. The lowest BCUT2D eigenvalue weighted by molar-refractivity contribution is -0.135. The van der Waals surface area contributed by atoms with Gasteiger partial charge in [0.15, 0.2) is 9.84 Å². The number of hydrogen-bond acceptors (Lipinski definition) is 5. The molecular weight excluding hydrogens is 234 g/mol. The lowest BCUT2D eigenvalue weighted by atomic mass is 10.2. The Morgan fingerprint density at radius 2 is 1.62 bits per heavy atom. The van der Waals surface area contributed by atoms with Crippen molar-refractivity contribution in [2.75, 3.05) is 12.8 Å². The number of amides is 2. The Hall–Kier alpha value is -1.44. The highest BCUT2D eigenvalue weighted by atomic mass is 32.2. The van der Waals surface area contributed by atoms with E-state index in [9.17, 15) is 18.0 Å². The molecule has 0 bridgehead atoms. The number of nitrogens with one attached hydrogen (secondary N) is 2. The molecule has 0 atom stereocenters. The number of carbonyl (C=O) groups excluding carboxylic acids is 2. The van der Waals surface area contributed by atoms with Crippen molar-refractivity contribution in [2.24, 2.45) is 4.99 Å². The third kappa shape index (κ3) is 2.57. The van der Waals surface area contributed by atoms with Crippen LogP contribution in [0.2, 0.25) is 0 Å². The van der Waals surface area contributed by atoms with E-state index in [0.29, 0.717) is 0 Å². The largest absolute Gasteiger partial charge is 0.316 e. The molecule has 1 rings (SSSR count). The van der Waals surface area contributed by atoms with Crippen LogP contribution in [0, 0.1) is 0 Å². The van der Waals surface area contributed by atoms with E-state index >= 15 is 0 Å². The second-order valence-corrected chi connectivity index (χ2v) is 6.75. The first-order valence-electron chi connectivity index (χ1n) is 4.50. The fourth-order valence-corrected chi connectivity index (χ4v) is 1.12. The van der Waals surface area contributed by atoms with Crippen LogP contribution in [0.3, 0.4) is 0 Å². The molecule has 8 heteroatoms. The van der Waals surface area contributed by atoms with Crippen molar-refractivity contribution in [3.63, 3.8) is 0 Å². The third-order valence-corrected chi connectivity index (χ3v) is 4.43. The minimum atomic E-state index is -3.25. The first kappa shape index (κ1) is 12.6. The van der Waals surface area contributed by atoms with Crippen LogP contribution in [0.15, 0.2) is 4.99 Å². The van der Waals surface area contributed by atoms with E-state index in [0.717, 1.165) is 6.26 Å². The molecule has 7 nitrogen and oxygen atoms in total. The fraction of sp³-hybridized carbons (Fsp3) is 0.625. The Kier molecular flexibility index (Phi) is 3.04. The number of hydrogen-bond donors (Lipinski definition) is 2. The van der Waals surface area contributed by atoms with Gasteiger partial charge in [0.25, 0.3) is 0 Å². The zero-order chi connectivity index (χ0) is 12.6. The molecule has 1 heterocycles. The highest BCUT2D eigenvalue weighted by molar-refractivity contribution is 7.92. The quantitative estimate of drug-likeness (QED) is 0.587. The molecule has 0 aromatic heterocycles. The van der Waals surface area contributed by atoms with Crippen LogP contribution >= 0.6 is 0 Å². The normalized spacial score (nSPS) is 17.1. The lowest BCUT2D eigenvalue weighted by Gasteiger charge is -2.19. The minimum Gasteiger partial charge on any atom is -0.288 e. The highest BCUT2D eigenvalue weighted by Crippen LogP contribution is 2.15. The van der Waals surface area contributed by atoms with Crippen LogP contribution in [0.4, 0.5) is 0 Å². The predicted molar refractivity (Wildman–Crippen MR) is 57.5 cm³/mol. The number of sulfone groups is 1. The number of aliphatic imine (C=N–C) groups is 1. The predicted octanol–water partition coefficient (Wildman–Crippen LogP) is -1.59. The fourth-order valence-electron chi connectivity index (χ4n) is 0.826. The summed E-state index contributed by atoms with van der Waals surface area (Å²) in [7, 11) is -3.25. The standard InChI is InChI=1S/C8H13N3O4S/c1-8(2,16(3,14)15)4-9-7-10-5(12)6(13)11-7/h4H2,1-3H3,(H2,9,10,11,12,13).